The summed E-state index contributed by atoms with van der Waals surface area (Å²) in [7, 11) is 2.01. The minimum absolute atomic E-state index is 0.193. The molecule has 0 saturated carbocycles. The van der Waals surface area contributed by atoms with Gasteiger partial charge >= 0.3 is 0 Å². The van der Waals surface area contributed by atoms with Crippen molar-refractivity contribution >= 4 is 19.7 Å². The number of imide groups is 1. The van der Waals surface area contributed by atoms with E-state index in [4.69, 9.17) is 0 Å². The van der Waals surface area contributed by atoms with Crippen LogP contribution in [-0.4, -0.2) is 31.1 Å². The van der Waals surface area contributed by atoms with E-state index >= 15 is 0 Å². The molecule has 1 aromatic rings. The van der Waals surface area contributed by atoms with Crippen molar-refractivity contribution in [3.8, 4) is 0 Å². The standard InChI is InChI=1S/C12H12BNO2/c13-7-3-4-8-14-11(15)9-5-1-2-6-10(9)12(14)16/h1-6H,7-8,13H2/b4-3+. The van der Waals surface area contributed by atoms with Gasteiger partial charge in [-0.1, -0.05) is 30.6 Å². The van der Waals surface area contributed by atoms with Crippen molar-refractivity contribution in [2.24, 2.45) is 0 Å². The molecule has 0 radical (unpaired) electrons. The fourth-order valence-corrected chi connectivity index (χ4v) is 1.75. The van der Waals surface area contributed by atoms with Crippen LogP contribution in [0.5, 0.6) is 0 Å². The summed E-state index contributed by atoms with van der Waals surface area (Å²) in [5.41, 5.74) is 1.02. The Balaban J connectivity index is 2.25. The van der Waals surface area contributed by atoms with Crippen molar-refractivity contribution in [2.45, 2.75) is 6.32 Å². The molecule has 0 aromatic heterocycles. The van der Waals surface area contributed by atoms with Crippen molar-refractivity contribution in [3.05, 3.63) is 47.5 Å². The molecule has 80 valence electrons. The Morgan fingerprint density at radius 3 is 2.12 bits per heavy atom. The zero-order valence-electron chi connectivity index (χ0n) is 9.14. The Labute approximate surface area is 95.2 Å². The van der Waals surface area contributed by atoms with Gasteiger partial charge in [-0.2, -0.15) is 0 Å². The van der Waals surface area contributed by atoms with Crippen LogP contribution in [0.1, 0.15) is 20.7 Å². The second kappa shape index (κ2) is 4.35. The predicted octanol–water partition coefficient (Wildman–Crippen LogP) is 0.890. The molecule has 0 bridgehead atoms. The molecule has 4 heteroatoms. The second-order valence-electron chi connectivity index (χ2n) is 3.65. The van der Waals surface area contributed by atoms with Gasteiger partial charge < -0.3 is 0 Å². The van der Waals surface area contributed by atoms with E-state index in [0.29, 0.717) is 17.7 Å². The maximum atomic E-state index is 11.9. The normalized spacial score (nSPS) is 14.9. The van der Waals surface area contributed by atoms with Crippen LogP contribution in [-0.2, 0) is 0 Å². The van der Waals surface area contributed by atoms with E-state index in [1.165, 1.54) is 4.90 Å². The minimum atomic E-state index is -0.193. The molecule has 0 N–H and O–H groups in total. The molecular weight excluding hydrogens is 201 g/mol. The van der Waals surface area contributed by atoms with Gasteiger partial charge in [-0.25, -0.2) is 0 Å². The SMILES string of the molecule is BC/C=C/CN1C(=O)c2ccccc2C1=O. The fourth-order valence-electron chi connectivity index (χ4n) is 1.75. The van der Waals surface area contributed by atoms with Gasteiger partial charge in [0.1, 0.15) is 7.85 Å². The van der Waals surface area contributed by atoms with Crippen LogP contribution >= 0.6 is 0 Å². The zero-order chi connectivity index (χ0) is 11.5. The lowest BCUT2D eigenvalue weighted by molar-refractivity contribution is 0.0672. The number of fused-ring (bicyclic) bond motifs is 1. The van der Waals surface area contributed by atoms with E-state index in [2.05, 4.69) is 0 Å². The molecule has 3 nitrogen and oxygen atoms in total. The van der Waals surface area contributed by atoms with Gasteiger partial charge in [0, 0.05) is 6.54 Å². The van der Waals surface area contributed by atoms with Crippen LogP contribution in [0.2, 0.25) is 6.32 Å². The maximum absolute atomic E-state index is 11.9. The largest absolute Gasteiger partial charge is 0.270 e. The van der Waals surface area contributed by atoms with Gasteiger partial charge in [0.25, 0.3) is 11.8 Å². The van der Waals surface area contributed by atoms with Crippen LogP contribution in [0.3, 0.4) is 0 Å². The first-order chi connectivity index (χ1) is 7.75. The summed E-state index contributed by atoms with van der Waals surface area (Å²) in [5, 5.41) is 0. The van der Waals surface area contributed by atoms with Crippen molar-refractivity contribution in [3.63, 3.8) is 0 Å². The van der Waals surface area contributed by atoms with Gasteiger partial charge in [-0.05, 0) is 12.1 Å². The summed E-state index contributed by atoms with van der Waals surface area (Å²) in [4.78, 5) is 25.0. The van der Waals surface area contributed by atoms with E-state index in [1.807, 2.05) is 20.0 Å². The molecule has 0 unspecified atom stereocenters. The summed E-state index contributed by atoms with van der Waals surface area (Å²) in [5.74, 6) is -0.386. The van der Waals surface area contributed by atoms with Gasteiger partial charge in [0.15, 0.2) is 0 Å². The average molecular weight is 213 g/mol. The van der Waals surface area contributed by atoms with Gasteiger partial charge in [-0.3, -0.25) is 14.5 Å². The second-order valence-corrected chi connectivity index (χ2v) is 3.65. The number of allylic oxidation sites excluding steroid dienone is 1. The molecule has 0 atom stereocenters. The third-order valence-corrected chi connectivity index (χ3v) is 2.57. The quantitative estimate of drug-likeness (QED) is 0.424. The van der Waals surface area contributed by atoms with E-state index in [0.717, 1.165) is 6.32 Å². The van der Waals surface area contributed by atoms with Crippen molar-refractivity contribution in [1.29, 1.82) is 0 Å². The number of hydrogen-bond donors (Lipinski definition) is 0. The first-order valence-corrected chi connectivity index (χ1v) is 5.36. The Bertz CT molecular complexity index is 433. The lowest BCUT2D eigenvalue weighted by Crippen LogP contribution is -2.29. The number of benzene rings is 1. The Kier molecular flexibility index (Phi) is 2.90. The van der Waals surface area contributed by atoms with Gasteiger partial charge in [0.2, 0.25) is 0 Å². The number of amides is 2. The summed E-state index contributed by atoms with van der Waals surface area (Å²) in [6.45, 7) is 0.361. The fraction of sp³-hybridized carbons (Fsp3) is 0.167. The summed E-state index contributed by atoms with van der Waals surface area (Å²) >= 11 is 0. The molecule has 0 saturated heterocycles. The van der Waals surface area contributed by atoms with Crippen LogP contribution < -0.4 is 0 Å². The number of hydrogen-bond acceptors (Lipinski definition) is 2. The number of nitrogens with zero attached hydrogens (tertiary/aromatic N) is 1. The number of carbonyl (C=O) groups is 2. The highest BCUT2D eigenvalue weighted by atomic mass is 16.2. The Morgan fingerprint density at radius 2 is 1.62 bits per heavy atom. The molecule has 0 aliphatic carbocycles. The van der Waals surface area contributed by atoms with E-state index < -0.39 is 0 Å². The lowest BCUT2D eigenvalue weighted by Gasteiger charge is -2.10. The molecule has 1 aliphatic rings. The van der Waals surface area contributed by atoms with E-state index in [9.17, 15) is 9.59 Å². The molecule has 0 spiro atoms. The average Bonchev–Trinajstić information content (AvgIpc) is 2.55. The molecule has 0 fully saturated rings. The Morgan fingerprint density at radius 1 is 1.06 bits per heavy atom. The molecule has 16 heavy (non-hydrogen) atoms. The van der Waals surface area contributed by atoms with Gasteiger partial charge in [0.05, 0.1) is 11.1 Å². The first kappa shape index (κ1) is 10.7. The van der Waals surface area contributed by atoms with Crippen molar-refractivity contribution < 1.29 is 9.59 Å². The summed E-state index contributed by atoms with van der Waals surface area (Å²) in [6, 6.07) is 6.93. The first-order valence-electron chi connectivity index (χ1n) is 5.36. The highest BCUT2D eigenvalue weighted by Crippen LogP contribution is 2.21. The monoisotopic (exact) mass is 213 g/mol. The summed E-state index contributed by atoms with van der Waals surface area (Å²) in [6.07, 6.45) is 4.70. The minimum Gasteiger partial charge on any atom is -0.270 e. The molecule has 1 aliphatic heterocycles. The van der Waals surface area contributed by atoms with Crippen LogP contribution in [0.15, 0.2) is 36.4 Å². The molecule has 1 aromatic carbocycles. The zero-order valence-corrected chi connectivity index (χ0v) is 9.14. The number of rotatable bonds is 3. The lowest BCUT2D eigenvalue weighted by atomic mass is 10.1. The smallest absolute Gasteiger partial charge is 0.261 e. The van der Waals surface area contributed by atoms with Crippen LogP contribution in [0, 0.1) is 0 Å². The predicted molar refractivity (Wildman–Crippen MR) is 64.3 cm³/mol. The van der Waals surface area contributed by atoms with Crippen molar-refractivity contribution in [2.75, 3.05) is 6.54 Å². The molecular formula is C12H12BNO2. The molecule has 2 rings (SSSR count). The van der Waals surface area contributed by atoms with E-state index in [1.54, 1.807) is 24.3 Å². The molecule has 1 heterocycles. The molecule has 2 amide bonds. The highest BCUT2D eigenvalue weighted by molar-refractivity contribution is 6.21. The summed E-state index contributed by atoms with van der Waals surface area (Å²) < 4.78 is 0. The third kappa shape index (κ3) is 1.67. The van der Waals surface area contributed by atoms with Gasteiger partial charge in [-0.15, -0.1) is 0 Å². The maximum Gasteiger partial charge on any atom is 0.261 e. The van der Waals surface area contributed by atoms with Crippen molar-refractivity contribution in [1.82, 2.24) is 4.90 Å². The van der Waals surface area contributed by atoms with E-state index in [-0.39, 0.29) is 11.8 Å². The highest BCUT2D eigenvalue weighted by Gasteiger charge is 2.33. The Hall–Kier alpha value is -1.84. The number of carbonyl (C=O) groups excluding carboxylic acids is 2. The topological polar surface area (TPSA) is 37.4 Å². The van der Waals surface area contributed by atoms with Crippen LogP contribution in [0.25, 0.3) is 0 Å². The van der Waals surface area contributed by atoms with Crippen LogP contribution in [0.4, 0.5) is 0 Å². The third-order valence-electron chi connectivity index (χ3n) is 2.57.